The molecule has 0 fully saturated rings. The highest BCUT2D eigenvalue weighted by atomic mass is 35.5. The average molecular weight is 321 g/mol. The number of halogens is 2. The summed E-state index contributed by atoms with van der Waals surface area (Å²) in [5, 5.41) is 0.0827. The van der Waals surface area contributed by atoms with Crippen LogP contribution in [0.5, 0.6) is 0 Å². The number of rotatable bonds is 5. The van der Waals surface area contributed by atoms with Crippen molar-refractivity contribution in [2.45, 2.75) is 4.90 Å². The molecule has 1 atom stereocenters. The first-order valence-electron chi connectivity index (χ1n) is 4.03. The molecule has 1 N–H and O–H groups in total. The molecule has 1 aromatic rings. The Balaban J connectivity index is 2.89. The van der Waals surface area contributed by atoms with Crippen molar-refractivity contribution in [3.63, 3.8) is 0 Å². The van der Waals surface area contributed by atoms with Gasteiger partial charge in [0, 0.05) is 5.02 Å². The molecule has 0 heterocycles. The van der Waals surface area contributed by atoms with Gasteiger partial charge >= 0.3 is 18.4 Å². The second-order valence-corrected chi connectivity index (χ2v) is 5.92. The van der Waals surface area contributed by atoms with Crippen molar-refractivity contribution in [1.82, 2.24) is 0 Å². The fourth-order valence-corrected chi connectivity index (χ4v) is 2.63. The van der Waals surface area contributed by atoms with Gasteiger partial charge in [0.15, 0.2) is 6.79 Å². The van der Waals surface area contributed by atoms with E-state index in [1.54, 1.807) is 0 Å². The number of benzene rings is 1. The lowest BCUT2D eigenvalue weighted by Crippen LogP contribution is -2.08. The van der Waals surface area contributed by atoms with Gasteiger partial charge in [-0.05, 0) is 18.2 Å². The Kier molecular flexibility index (Phi) is 5.40. The first-order valence-corrected chi connectivity index (χ1v) is 7.46. The Morgan fingerprint density at radius 1 is 1.35 bits per heavy atom. The highest BCUT2D eigenvalue weighted by Crippen LogP contribution is 2.27. The second kappa shape index (κ2) is 6.15. The van der Waals surface area contributed by atoms with E-state index in [1.807, 2.05) is 0 Å². The Bertz CT molecular complexity index is 531. The smallest absolute Gasteiger partial charge is 0.318 e. The van der Waals surface area contributed by atoms with Crippen molar-refractivity contribution < 1.29 is 26.6 Å². The van der Waals surface area contributed by atoms with Gasteiger partial charge in [-0.3, -0.25) is 9.09 Å². The van der Waals surface area contributed by atoms with Crippen LogP contribution in [0.25, 0.3) is 0 Å². The Labute approximate surface area is 108 Å². The summed E-state index contributed by atoms with van der Waals surface area (Å²) in [5.74, 6) is 0. The highest BCUT2D eigenvalue weighted by Gasteiger charge is 2.19. The van der Waals surface area contributed by atoms with Gasteiger partial charge in [0.25, 0.3) is 0 Å². The molecule has 10 heteroatoms. The first-order chi connectivity index (χ1) is 7.83. The summed E-state index contributed by atoms with van der Waals surface area (Å²) in [4.78, 5) is 7.98. The van der Waals surface area contributed by atoms with Gasteiger partial charge in [0.05, 0.1) is 5.02 Å². The molecule has 1 aromatic carbocycles. The minimum absolute atomic E-state index is 0.0777. The van der Waals surface area contributed by atoms with Gasteiger partial charge in [-0.2, -0.15) is 8.42 Å². The fraction of sp³-hybridized carbons (Fsp3) is 0.143. The Morgan fingerprint density at radius 3 is 2.59 bits per heavy atom. The van der Waals surface area contributed by atoms with Gasteiger partial charge in [-0.25, -0.2) is 4.18 Å². The van der Waals surface area contributed by atoms with Crippen LogP contribution in [0, 0.1) is 0 Å². The van der Waals surface area contributed by atoms with E-state index in [-0.39, 0.29) is 14.9 Å². The van der Waals surface area contributed by atoms with Gasteiger partial charge in [0.1, 0.15) is 4.90 Å². The van der Waals surface area contributed by atoms with Crippen LogP contribution in [0.1, 0.15) is 0 Å². The van der Waals surface area contributed by atoms with Crippen molar-refractivity contribution in [2.75, 3.05) is 6.79 Å². The molecule has 0 aliphatic rings. The largest absolute Gasteiger partial charge is 0.326 e. The summed E-state index contributed by atoms with van der Waals surface area (Å²) >= 11 is 11.3. The predicted octanol–water partition coefficient (Wildman–Crippen LogP) is 2.05. The lowest BCUT2D eigenvalue weighted by Gasteiger charge is -2.06. The molecule has 0 bridgehead atoms. The quantitative estimate of drug-likeness (QED) is 0.507. The molecule has 0 saturated heterocycles. The summed E-state index contributed by atoms with van der Waals surface area (Å²) in [6.45, 7) is -0.876. The molecule has 0 aromatic heterocycles. The minimum atomic E-state index is -4.18. The second-order valence-electron chi connectivity index (χ2n) is 2.67. The topological polar surface area (TPSA) is 89.9 Å². The van der Waals surface area contributed by atoms with E-state index in [0.29, 0.717) is 0 Å². The van der Waals surface area contributed by atoms with Gasteiger partial charge < -0.3 is 4.89 Å². The van der Waals surface area contributed by atoms with Crippen LogP contribution in [0.3, 0.4) is 0 Å². The lowest BCUT2D eigenvalue weighted by molar-refractivity contribution is 0.121. The molecule has 0 aliphatic heterocycles. The standard InChI is InChI=1S/C7H7Cl2O6PS/c8-5-1-2-6(9)7(3-5)17(12,13)15-4-14-16(10)11/h1-3,16H,4H2,(H,10,11). The van der Waals surface area contributed by atoms with Crippen LogP contribution in [-0.4, -0.2) is 20.1 Å². The molecule has 6 nitrogen and oxygen atoms in total. The lowest BCUT2D eigenvalue weighted by atomic mass is 10.4. The summed E-state index contributed by atoms with van der Waals surface area (Å²) in [7, 11) is -7.44. The summed E-state index contributed by atoms with van der Waals surface area (Å²) < 4.78 is 41.8. The zero-order valence-electron chi connectivity index (χ0n) is 8.09. The van der Waals surface area contributed by atoms with Crippen molar-refractivity contribution >= 4 is 41.6 Å². The van der Waals surface area contributed by atoms with E-state index in [0.717, 1.165) is 6.07 Å². The summed E-state index contributed by atoms with van der Waals surface area (Å²) in [5.41, 5.74) is 0. The Hall–Kier alpha value is -0.140. The number of hydrogen-bond donors (Lipinski definition) is 1. The molecule has 0 spiro atoms. The van der Waals surface area contributed by atoms with Crippen molar-refractivity contribution in [1.29, 1.82) is 0 Å². The van der Waals surface area contributed by atoms with Gasteiger partial charge in [-0.15, -0.1) is 0 Å². The van der Waals surface area contributed by atoms with Gasteiger partial charge in [0.2, 0.25) is 0 Å². The van der Waals surface area contributed by atoms with Crippen LogP contribution in [0.4, 0.5) is 0 Å². The van der Waals surface area contributed by atoms with E-state index in [2.05, 4.69) is 8.71 Å². The molecule has 1 unspecified atom stereocenters. The van der Waals surface area contributed by atoms with E-state index in [9.17, 15) is 13.0 Å². The predicted molar refractivity (Wildman–Crippen MR) is 61.9 cm³/mol. The molecule has 0 saturated carbocycles. The molecule has 1 rings (SSSR count). The maximum atomic E-state index is 11.6. The van der Waals surface area contributed by atoms with E-state index >= 15 is 0 Å². The first kappa shape index (κ1) is 14.9. The van der Waals surface area contributed by atoms with E-state index in [1.165, 1.54) is 12.1 Å². The summed E-state index contributed by atoms with van der Waals surface area (Å²) in [6, 6.07) is 3.79. The van der Waals surface area contributed by atoms with Gasteiger partial charge in [-0.1, -0.05) is 23.2 Å². The zero-order valence-corrected chi connectivity index (χ0v) is 11.4. The van der Waals surface area contributed by atoms with Crippen LogP contribution in [-0.2, 0) is 23.4 Å². The summed E-state index contributed by atoms with van der Waals surface area (Å²) in [6.07, 6.45) is 0. The van der Waals surface area contributed by atoms with Crippen molar-refractivity contribution in [3.05, 3.63) is 28.2 Å². The third kappa shape index (κ3) is 4.56. The SMILES string of the molecule is O=[PH](O)OCOS(=O)(=O)c1cc(Cl)ccc1Cl. The molecular weight excluding hydrogens is 314 g/mol. The van der Waals surface area contributed by atoms with Crippen LogP contribution < -0.4 is 0 Å². The normalized spacial score (nSPS) is 13.6. The molecule has 0 aliphatic carbocycles. The molecule has 17 heavy (non-hydrogen) atoms. The molecule has 0 amide bonds. The number of hydrogen-bond acceptors (Lipinski definition) is 5. The minimum Gasteiger partial charge on any atom is -0.326 e. The van der Waals surface area contributed by atoms with E-state index < -0.39 is 25.2 Å². The highest BCUT2D eigenvalue weighted by molar-refractivity contribution is 7.86. The van der Waals surface area contributed by atoms with Crippen LogP contribution >= 0.6 is 31.5 Å². The monoisotopic (exact) mass is 320 g/mol. The fourth-order valence-electron chi connectivity index (χ4n) is 0.870. The molecule has 96 valence electrons. The molecular formula is C7H7Cl2O6PS. The van der Waals surface area contributed by atoms with E-state index in [4.69, 9.17) is 28.1 Å². The van der Waals surface area contributed by atoms with Crippen LogP contribution in [0.2, 0.25) is 10.0 Å². The van der Waals surface area contributed by atoms with Crippen molar-refractivity contribution in [2.24, 2.45) is 0 Å². The third-order valence-electron chi connectivity index (χ3n) is 1.55. The maximum Gasteiger partial charge on any atom is 0.318 e. The Morgan fingerprint density at radius 2 is 2.00 bits per heavy atom. The average Bonchev–Trinajstić information content (AvgIpc) is 2.20. The van der Waals surface area contributed by atoms with Crippen molar-refractivity contribution in [3.8, 4) is 0 Å². The van der Waals surface area contributed by atoms with Crippen LogP contribution in [0.15, 0.2) is 23.1 Å². The zero-order chi connectivity index (χ0) is 13.1. The molecule has 0 radical (unpaired) electrons. The maximum absolute atomic E-state index is 11.6. The third-order valence-corrected chi connectivity index (χ3v) is 3.87.